The van der Waals surface area contributed by atoms with Gasteiger partial charge in [0.05, 0.1) is 6.61 Å². The van der Waals surface area contributed by atoms with E-state index < -0.39 is 0 Å². The van der Waals surface area contributed by atoms with Crippen molar-refractivity contribution in [1.82, 2.24) is 10.2 Å². The van der Waals surface area contributed by atoms with E-state index in [1.165, 1.54) is 89.9 Å². The predicted molar refractivity (Wildman–Crippen MR) is 211 cm³/mol. The van der Waals surface area contributed by atoms with E-state index in [2.05, 4.69) is 31.0 Å². The minimum atomic E-state index is -0.0319. The first-order valence-electron chi connectivity index (χ1n) is 21.7. The van der Waals surface area contributed by atoms with Gasteiger partial charge in [0.15, 0.2) is 0 Å². The second-order valence-corrected chi connectivity index (χ2v) is 15.1. The molecule has 0 heterocycles. The van der Waals surface area contributed by atoms with Crippen LogP contribution in [0.1, 0.15) is 214 Å². The highest BCUT2D eigenvalue weighted by Crippen LogP contribution is 2.15. The van der Waals surface area contributed by atoms with Gasteiger partial charge >= 0.3 is 11.9 Å². The number of rotatable bonds is 38. The van der Waals surface area contributed by atoms with Crippen molar-refractivity contribution in [2.75, 3.05) is 32.8 Å². The lowest BCUT2D eigenvalue weighted by Gasteiger charge is -2.22. The van der Waals surface area contributed by atoms with Crippen molar-refractivity contribution in [1.29, 1.82) is 0 Å². The van der Waals surface area contributed by atoms with Gasteiger partial charge in [-0.2, -0.15) is 0 Å². The van der Waals surface area contributed by atoms with Gasteiger partial charge in [0, 0.05) is 25.3 Å². The second kappa shape index (κ2) is 37.1. The predicted octanol–water partition coefficient (Wildman–Crippen LogP) is 11.5. The molecule has 0 spiro atoms. The van der Waals surface area contributed by atoms with Gasteiger partial charge in [-0.1, -0.05) is 144 Å². The number of amides is 1. The molecule has 50 heavy (non-hydrogen) atoms. The summed E-state index contributed by atoms with van der Waals surface area (Å²) in [5, 5.41) is 3.06. The fraction of sp³-hybridized carbons (Fsp3) is 0.930. The average Bonchev–Trinajstić information content (AvgIpc) is 3.10. The van der Waals surface area contributed by atoms with Crippen LogP contribution in [0.2, 0.25) is 0 Å². The summed E-state index contributed by atoms with van der Waals surface area (Å²) in [6.45, 7) is 15.0. The van der Waals surface area contributed by atoms with Gasteiger partial charge < -0.3 is 19.7 Å². The number of ether oxygens (including phenoxy) is 2. The highest BCUT2D eigenvalue weighted by Gasteiger charge is 2.13. The number of esters is 2. The van der Waals surface area contributed by atoms with Crippen molar-refractivity contribution in [3.63, 3.8) is 0 Å². The summed E-state index contributed by atoms with van der Waals surface area (Å²) in [5.74, 6) is 0.108. The van der Waals surface area contributed by atoms with E-state index in [1.807, 2.05) is 13.8 Å². The molecule has 1 unspecified atom stereocenters. The molecule has 0 saturated carbocycles. The summed E-state index contributed by atoms with van der Waals surface area (Å²) < 4.78 is 11.2. The van der Waals surface area contributed by atoms with Crippen LogP contribution in [0.4, 0.5) is 0 Å². The van der Waals surface area contributed by atoms with Crippen LogP contribution >= 0.6 is 0 Å². The molecule has 0 bridgehead atoms. The Morgan fingerprint density at radius 3 is 1.54 bits per heavy atom. The molecule has 1 N–H and O–H groups in total. The normalized spacial score (nSPS) is 12.1. The average molecular weight is 709 g/mol. The molecule has 0 aliphatic carbocycles. The van der Waals surface area contributed by atoms with Crippen LogP contribution in [-0.2, 0) is 23.9 Å². The van der Waals surface area contributed by atoms with Crippen molar-refractivity contribution < 1.29 is 23.9 Å². The van der Waals surface area contributed by atoms with Crippen molar-refractivity contribution in [2.24, 2.45) is 5.92 Å². The Morgan fingerprint density at radius 1 is 0.540 bits per heavy atom. The van der Waals surface area contributed by atoms with E-state index in [1.54, 1.807) is 0 Å². The Balaban J connectivity index is 4.13. The molecule has 7 heteroatoms. The van der Waals surface area contributed by atoms with Crippen LogP contribution < -0.4 is 5.32 Å². The van der Waals surface area contributed by atoms with Crippen LogP contribution in [0.5, 0.6) is 0 Å². The van der Waals surface area contributed by atoms with E-state index in [4.69, 9.17) is 9.47 Å². The van der Waals surface area contributed by atoms with Crippen molar-refractivity contribution in [3.8, 4) is 0 Å². The number of hydrogen-bond acceptors (Lipinski definition) is 6. The quantitative estimate of drug-likeness (QED) is 0.0508. The molecule has 1 amide bonds. The fourth-order valence-corrected chi connectivity index (χ4v) is 6.38. The number of carbonyl (C=O) groups excluding carboxylic acids is 3. The van der Waals surface area contributed by atoms with E-state index in [-0.39, 0.29) is 29.9 Å². The highest BCUT2D eigenvalue weighted by atomic mass is 16.5. The van der Waals surface area contributed by atoms with Crippen molar-refractivity contribution in [2.45, 2.75) is 221 Å². The van der Waals surface area contributed by atoms with Gasteiger partial charge in [-0.3, -0.25) is 14.4 Å². The summed E-state index contributed by atoms with van der Waals surface area (Å²) in [4.78, 5) is 39.0. The first kappa shape index (κ1) is 48.4. The lowest BCUT2D eigenvalue weighted by molar-refractivity contribution is -0.149. The maximum absolute atomic E-state index is 12.4. The Labute approximate surface area is 310 Å². The topological polar surface area (TPSA) is 84.9 Å². The lowest BCUT2D eigenvalue weighted by Crippen LogP contribution is -2.33. The van der Waals surface area contributed by atoms with Crippen LogP contribution in [0.3, 0.4) is 0 Å². The molecule has 0 aromatic rings. The first-order chi connectivity index (χ1) is 24.3. The number of nitrogens with one attached hydrogen (secondary N) is 1. The smallest absolute Gasteiger partial charge is 0.306 e. The molecule has 0 aromatic carbocycles. The van der Waals surface area contributed by atoms with Crippen LogP contribution in [0, 0.1) is 5.92 Å². The SMILES string of the molecule is CCCCCCCCCOC(=O)CCCCCCCN(CCCCCCCC(=O)OC(CC)CCCCCCCC)CCCNC(=O)C(C)C. The number of carbonyl (C=O) groups is 3. The van der Waals surface area contributed by atoms with Crippen LogP contribution in [0.15, 0.2) is 0 Å². The summed E-state index contributed by atoms with van der Waals surface area (Å²) in [6.07, 6.45) is 31.4. The van der Waals surface area contributed by atoms with E-state index in [9.17, 15) is 14.4 Å². The Hall–Kier alpha value is -1.63. The molecule has 0 rings (SSSR count). The van der Waals surface area contributed by atoms with Crippen LogP contribution in [-0.4, -0.2) is 61.6 Å². The largest absolute Gasteiger partial charge is 0.466 e. The highest BCUT2D eigenvalue weighted by molar-refractivity contribution is 5.77. The van der Waals surface area contributed by atoms with Gasteiger partial charge in [0.1, 0.15) is 6.10 Å². The van der Waals surface area contributed by atoms with E-state index >= 15 is 0 Å². The molecule has 7 nitrogen and oxygen atoms in total. The third kappa shape index (κ3) is 33.5. The Kier molecular flexibility index (Phi) is 35.9. The zero-order valence-corrected chi connectivity index (χ0v) is 34.0. The number of hydrogen-bond donors (Lipinski definition) is 1. The maximum Gasteiger partial charge on any atom is 0.306 e. The first-order valence-corrected chi connectivity index (χ1v) is 21.7. The molecule has 0 aromatic heterocycles. The molecule has 296 valence electrons. The lowest BCUT2D eigenvalue weighted by atomic mass is 10.1. The Morgan fingerprint density at radius 2 is 1.00 bits per heavy atom. The van der Waals surface area contributed by atoms with Gasteiger partial charge in [-0.25, -0.2) is 0 Å². The zero-order chi connectivity index (χ0) is 36.9. The molecular formula is C43H84N2O5. The zero-order valence-electron chi connectivity index (χ0n) is 34.0. The molecule has 0 aliphatic heterocycles. The minimum absolute atomic E-state index is 0.0164. The third-order valence-electron chi connectivity index (χ3n) is 9.83. The molecule has 0 saturated heterocycles. The molecular weight excluding hydrogens is 624 g/mol. The molecule has 1 atom stereocenters. The summed E-state index contributed by atoms with van der Waals surface area (Å²) >= 11 is 0. The second-order valence-electron chi connectivity index (χ2n) is 15.1. The van der Waals surface area contributed by atoms with Crippen LogP contribution in [0.25, 0.3) is 0 Å². The number of nitrogens with zero attached hydrogens (tertiary/aromatic N) is 1. The van der Waals surface area contributed by atoms with Crippen molar-refractivity contribution in [3.05, 3.63) is 0 Å². The maximum atomic E-state index is 12.4. The van der Waals surface area contributed by atoms with E-state index in [0.717, 1.165) is 103 Å². The van der Waals surface area contributed by atoms with Gasteiger partial charge in [0.25, 0.3) is 0 Å². The number of unbranched alkanes of at least 4 members (excludes halogenated alkanes) is 19. The summed E-state index contributed by atoms with van der Waals surface area (Å²) in [6, 6.07) is 0. The molecule has 0 fully saturated rings. The summed E-state index contributed by atoms with van der Waals surface area (Å²) in [5.41, 5.74) is 0. The summed E-state index contributed by atoms with van der Waals surface area (Å²) in [7, 11) is 0. The van der Waals surface area contributed by atoms with Crippen molar-refractivity contribution >= 4 is 17.8 Å². The van der Waals surface area contributed by atoms with Gasteiger partial charge in [0.2, 0.25) is 5.91 Å². The monoisotopic (exact) mass is 709 g/mol. The fourth-order valence-electron chi connectivity index (χ4n) is 6.38. The third-order valence-corrected chi connectivity index (χ3v) is 9.83. The van der Waals surface area contributed by atoms with Gasteiger partial charge in [-0.05, 0) is 77.4 Å². The molecule has 0 radical (unpaired) electrons. The standard InChI is InChI=1S/C43H84N2O5/c1-6-9-11-13-15-23-29-38-49-41(46)32-25-19-16-21-27-35-45(37-30-34-44-43(48)39(4)5)36-28-22-17-20-26-33-42(47)50-40(8-3)31-24-18-14-12-10-7-2/h39-40H,6-38H2,1-5H3,(H,44,48). The Bertz CT molecular complexity index is 774. The van der Waals surface area contributed by atoms with Gasteiger partial charge in [-0.15, -0.1) is 0 Å². The van der Waals surface area contributed by atoms with E-state index in [0.29, 0.717) is 19.4 Å². The minimum Gasteiger partial charge on any atom is -0.466 e. The molecule has 0 aliphatic rings.